The molecule has 0 aromatic heterocycles. The zero-order valence-electron chi connectivity index (χ0n) is 7.67. The van der Waals surface area contributed by atoms with Gasteiger partial charge in [0.15, 0.2) is 0 Å². The summed E-state index contributed by atoms with van der Waals surface area (Å²) in [7, 11) is 0. The number of rotatable bonds is 1. The van der Waals surface area contributed by atoms with Crippen LogP contribution >= 0.6 is 0 Å². The van der Waals surface area contributed by atoms with Crippen LogP contribution in [0.1, 0.15) is 6.92 Å². The first kappa shape index (κ1) is 9.01. The molecule has 3 amide bonds. The van der Waals surface area contributed by atoms with Gasteiger partial charge in [-0.25, -0.2) is 4.79 Å². The lowest BCUT2D eigenvalue weighted by molar-refractivity contribution is -0.121. The number of hydrogen-bond acceptors (Lipinski definition) is 3. The van der Waals surface area contributed by atoms with Crippen LogP contribution in [0.25, 0.3) is 0 Å². The van der Waals surface area contributed by atoms with Crippen molar-refractivity contribution in [1.82, 2.24) is 9.96 Å². The normalized spacial score (nSPS) is 30.7. The van der Waals surface area contributed by atoms with E-state index < -0.39 is 18.0 Å². The molecule has 1 fully saturated rings. The molecule has 0 aromatic carbocycles. The van der Waals surface area contributed by atoms with Crippen molar-refractivity contribution in [2.24, 2.45) is 5.73 Å². The Bertz CT molecular complexity index is 339. The van der Waals surface area contributed by atoms with Crippen LogP contribution in [0.15, 0.2) is 11.6 Å². The Morgan fingerprint density at radius 1 is 1.71 bits per heavy atom. The average Bonchev–Trinajstić information content (AvgIpc) is 2.31. The van der Waals surface area contributed by atoms with Crippen LogP contribution in [0.3, 0.4) is 0 Å². The lowest BCUT2D eigenvalue weighted by Crippen LogP contribution is -2.48. The summed E-state index contributed by atoms with van der Waals surface area (Å²) in [6.45, 7) is 2.04. The summed E-state index contributed by atoms with van der Waals surface area (Å²) < 4.78 is 0. The topological polar surface area (TPSA) is 86.9 Å². The molecule has 76 valence electrons. The number of amides is 3. The molecule has 2 aliphatic heterocycles. The van der Waals surface area contributed by atoms with Crippen LogP contribution in [0.2, 0.25) is 0 Å². The van der Waals surface area contributed by atoms with Crippen molar-refractivity contribution in [1.29, 1.82) is 0 Å². The van der Waals surface area contributed by atoms with Gasteiger partial charge in [0.1, 0.15) is 6.04 Å². The fourth-order valence-corrected chi connectivity index (χ4v) is 1.99. The second-order valence-corrected chi connectivity index (χ2v) is 3.56. The maximum absolute atomic E-state index is 11.4. The molecule has 2 heterocycles. The van der Waals surface area contributed by atoms with Crippen LogP contribution in [0.4, 0.5) is 4.79 Å². The van der Waals surface area contributed by atoms with Gasteiger partial charge < -0.3 is 10.6 Å². The van der Waals surface area contributed by atoms with E-state index in [2.05, 4.69) is 0 Å². The van der Waals surface area contributed by atoms with Gasteiger partial charge in [-0.3, -0.25) is 10.0 Å². The largest absolute Gasteiger partial charge is 0.368 e. The molecule has 3 N–H and O–H groups in total. The maximum Gasteiger partial charge on any atom is 0.345 e. The molecular weight excluding hydrogens is 186 g/mol. The Labute approximate surface area is 80.5 Å². The summed E-state index contributed by atoms with van der Waals surface area (Å²) in [6, 6.07) is -1.62. The van der Waals surface area contributed by atoms with E-state index >= 15 is 0 Å². The standard InChI is InChI=1S/C8H11N3O3/c1-4-2-5-3-10(6(4)7(9)12)8(13)11(5)14/h2,5-6,14H,3H2,1H3,(H2,9,12). The number of urea groups is 1. The highest BCUT2D eigenvalue weighted by molar-refractivity contribution is 5.90. The highest BCUT2D eigenvalue weighted by Gasteiger charge is 2.45. The molecule has 0 saturated carbocycles. The minimum Gasteiger partial charge on any atom is -0.368 e. The monoisotopic (exact) mass is 197 g/mol. The van der Waals surface area contributed by atoms with Gasteiger partial charge >= 0.3 is 6.03 Å². The van der Waals surface area contributed by atoms with E-state index in [0.717, 1.165) is 0 Å². The van der Waals surface area contributed by atoms with E-state index in [1.165, 1.54) is 4.90 Å². The SMILES string of the molecule is CC1=CC2CN(C(=O)N2O)C1C(N)=O. The van der Waals surface area contributed by atoms with E-state index in [0.29, 0.717) is 17.2 Å². The molecule has 2 rings (SSSR count). The predicted molar refractivity (Wildman–Crippen MR) is 46.3 cm³/mol. The number of hydroxylamine groups is 2. The fraction of sp³-hybridized carbons (Fsp3) is 0.500. The summed E-state index contributed by atoms with van der Waals surface area (Å²) in [4.78, 5) is 23.8. The maximum atomic E-state index is 11.4. The van der Waals surface area contributed by atoms with Gasteiger partial charge in [0.25, 0.3) is 0 Å². The highest BCUT2D eigenvalue weighted by atomic mass is 16.5. The fourth-order valence-electron chi connectivity index (χ4n) is 1.99. The van der Waals surface area contributed by atoms with E-state index in [9.17, 15) is 14.8 Å². The van der Waals surface area contributed by atoms with Crippen LogP contribution in [-0.2, 0) is 4.79 Å². The van der Waals surface area contributed by atoms with Crippen LogP contribution in [0.5, 0.6) is 0 Å². The van der Waals surface area contributed by atoms with Crippen molar-refractivity contribution < 1.29 is 14.8 Å². The summed E-state index contributed by atoms with van der Waals surface area (Å²) in [6.07, 6.45) is 1.69. The number of nitrogens with two attached hydrogens (primary N) is 1. The van der Waals surface area contributed by atoms with Crippen LogP contribution < -0.4 is 5.73 Å². The van der Waals surface area contributed by atoms with Gasteiger partial charge in [0.2, 0.25) is 5.91 Å². The molecule has 14 heavy (non-hydrogen) atoms. The zero-order valence-corrected chi connectivity index (χ0v) is 7.67. The Balaban J connectivity index is 2.39. The van der Waals surface area contributed by atoms with Crippen molar-refractivity contribution in [3.05, 3.63) is 11.6 Å². The molecule has 0 aromatic rings. The zero-order chi connectivity index (χ0) is 10.5. The first-order chi connectivity index (χ1) is 6.52. The number of fused-ring (bicyclic) bond motifs is 2. The van der Waals surface area contributed by atoms with E-state index in [1.54, 1.807) is 13.0 Å². The third-order valence-electron chi connectivity index (χ3n) is 2.61. The van der Waals surface area contributed by atoms with Crippen molar-refractivity contribution in [3.8, 4) is 0 Å². The average molecular weight is 197 g/mol. The second kappa shape index (κ2) is 2.71. The first-order valence-corrected chi connectivity index (χ1v) is 4.28. The Morgan fingerprint density at radius 2 is 2.36 bits per heavy atom. The van der Waals surface area contributed by atoms with Crippen molar-refractivity contribution in [2.75, 3.05) is 6.54 Å². The lowest BCUT2D eigenvalue weighted by atomic mass is 10.0. The molecule has 6 nitrogen and oxygen atoms in total. The van der Waals surface area contributed by atoms with Gasteiger partial charge in [-0.1, -0.05) is 6.08 Å². The quantitative estimate of drug-likeness (QED) is 0.430. The third-order valence-corrected chi connectivity index (χ3v) is 2.61. The van der Waals surface area contributed by atoms with Crippen molar-refractivity contribution in [3.63, 3.8) is 0 Å². The molecular formula is C8H11N3O3. The van der Waals surface area contributed by atoms with Gasteiger partial charge in [-0.15, -0.1) is 0 Å². The number of nitrogens with zero attached hydrogens (tertiary/aromatic N) is 2. The Kier molecular flexibility index (Phi) is 1.75. The van der Waals surface area contributed by atoms with E-state index in [-0.39, 0.29) is 6.04 Å². The number of carbonyl (C=O) groups is 2. The molecule has 0 spiro atoms. The molecule has 0 radical (unpaired) electrons. The molecule has 2 unspecified atom stereocenters. The Morgan fingerprint density at radius 3 is 2.93 bits per heavy atom. The number of hydrogen-bond donors (Lipinski definition) is 2. The van der Waals surface area contributed by atoms with Gasteiger partial charge in [0, 0.05) is 0 Å². The van der Waals surface area contributed by atoms with Gasteiger partial charge in [-0.05, 0) is 12.5 Å². The van der Waals surface area contributed by atoms with Crippen molar-refractivity contribution in [2.45, 2.75) is 19.0 Å². The van der Waals surface area contributed by atoms with Crippen molar-refractivity contribution >= 4 is 11.9 Å². The van der Waals surface area contributed by atoms with E-state index in [1.807, 2.05) is 0 Å². The third kappa shape index (κ3) is 1.00. The summed E-state index contributed by atoms with van der Waals surface area (Å²) in [5.74, 6) is -0.569. The number of carbonyl (C=O) groups excluding carboxylic acids is 2. The molecule has 2 aliphatic rings. The summed E-state index contributed by atoms with van der Waals surface area (Å²) in [5.41, 5.74) is 5.88. The number of primary amides is 1. The second-order valence-electron chi connectivity index (χ2n) is 3.56. The highest BCUT2D eigenvalue weighted by Crippen LogP contribution is 2.27. The minimum absolute atomic E-state index is 0.320. The molecule has 6 heteroatoms. The van der Waals surface area contributed by atoms with Crippen LogP contribution in [-0.4, -0.2) is 45.7 Å². The smallest absolute Gasteiger partial charge is 0.345 e. The molecule has 1 saturated heterocycles. The van der Waals surface area contributed by atoms with Crippen LogP contribution in [0, 0.1) is 0 Å². The Hall–Kier alpha value is -1.56. The molecule has 2 bridgehead atoms. The minimum atomic E-state index is -0.712. The lowest BCUT2D eigenvalue weighted by Gasteiger charge is -2.27. The molecule has 0 aliphatic carbocycles. The first-order valence-electron chi connectivity index (χ1n) is 4.28. The van der Waals surface area contributed by atoms with E-state index in [4.69, 9.17) is 5.73 Å². The summed E-state index contributed by atoms with van der Waals surface area (Å²) in [5, 5.41) is 9.96. The molecule has 2 atom stereocenters. The van der Waals surface area contributed by atoms with Gasteiger partial charge in [0.05, 0.1) is 12.6 Å². The summed E-state index contributed by atoms with van der Waals surface area (Å²) >= 11 is 0. The van der Waals surface area contributed by atoms with Gasteiger partial charge in [-0.2, -0.15) is 5.06 Å². The predicted octanol–water partition coefficient (Wildman–Crippen LogP) is -0.704.